The van der Waals surface area contributed by atoms with Crippen molar-refractivity contribution in [2.45, 2.75) is 32.1 Å². The number of unbranched alkanes of at least 4 members (excludes halogenated alkanes) is 4. The van der Waals surface area contributed by atoms with Crippen LogP contribution in [-0.2, 0) is 4.55 Å². The van der Waals surface area contributed by atoms with Crippen molar-refractivity contribution in [3.63, 3.8) is 0 Å². The van der Waals surface area contributed by atoms with Crippen molar-refractivity contribution in [1.29, 1.82) is 0 Å². The average Bonchev–Trinajstić information content (AvgIpc) is 1.89. The zero-order chi connectivity index (χ0) is 6.95. The summed E-state index contributed by atoms with van der Waals surface area (Å²) in [6, 6.07) is 0. The second-order valence-corrected chi connectivity index (χ2v) is 2.73. The van der Waals surface area contributed by atoms with Crippen LogP contribution in [0.15, 0.2) is 0 Å². The molecule has 0 fully saturated rings. The Morgan fingerprint density at radius 2 is 1.78 bits per heavy atom. The predicted octanol–water partition coefficient (Wildman–Crippen LogP) is 2.85. The molecule has 0 aromatic rings. The summed E-state index contributed by atoms with van der Waals surface area (Å²) in [6.07, 6.45) is 5.76. The van der Waals surface area contributed by atoms with Gasteiger partial charge in [-0.05, 0) is 6.42 Å². The van der Waals surface area contributed by atoms with Crippen molar-refractivity contribution in [1.82, 2.24) is 0 Å². The van der Waals surface area contributed by atoms with E-state index in [1.807, 2.05) is 0 Å². The Bertz CT molecular complexity index is 42.2. The summed E-state index contributed by atoms with van der Waals surface area (Å²) in [6.45, 7) is 3.74. The fraction of sp³-hybridized carbons (Fsp3) is 0.857. The summed E-state index contributed by atoms with van der Waals surface area (Å²) in [5, 5.41) is 0. The molecule has 0 amide bonds. The van der Waals surface area contributed by atoms with Crippen LogP contribution < -0.4 is 0 Å². The van der Waals surface area contributed by atoms with E-state index >= 15 is 0 Å². The molecule has 0 heterocycles. The maximum atomic E-state index is 9.87. The lowest BCUT2D eigenvalue weighted by Crippen LogP contribution is -1.79. The topological polar surface area (TPSA) is 19.9 Å². The van der Waals surface area contributed by atoms with E-state index in [-0.39, 0.29) is 0 Å². The Kier molecular flexibility index (Phi) is 8.60. The number of hydrogen-bond donors (Lipinski definition) is 0. The third-order valence-electron chi connectivity index (χ3n) is 1.23. The van der Waals surface area contributed by atoms with Crippen molar-refractivity contribution in [3.8, 4) is 0 Å². The van der Waals surface area contributed by atoms with Gasteiger partial charge in [-0.15, -0.1) is 0 Å². The van der Waals surface area contributed by atoms with E-state index in [0.717, 1.165) is 18.6 Å². The molecular weight excluding hydrogens is 132 g/mol. The van der Waals surface area contributed by atoms with Crippen molar-refractivity contribution >= 4 is 12.0 Å². The normalized spacial score (nSPS) is 10.0. The highest BCUT2D eigenvalue weighted by atomic mass is 32.2. The van der Waals surface area contributed by atoms with Gasteiger partial charge in [-0.2, -0.15) is 4.55 Å². The van der Waals surface area contributed by atoms with Crippen molar-refractivity contribution in [3.05, 3.63) is 6.92 Å². The maximum absolute atomic E-state index is 9.87. The van der Waals surface area contributed by atoms with Crippen LogP contribution in [0.25, 0.3) is 0 Å². The summed E-state index contributed by atoms with van der Waals surface area (Å²) < 4.78 is 9.87. The Balaban J connectivity index is 2.60. The largest absolute Gasteiger partial charge is 0.151 e. The predicted molar refractivity (Wildman–Crippen MR) is 41.6 cm³/mol. The molecule has 9 heavy (non-hydrogen) atoms. The molecular formula is C7H14OS. The lowest BCUT2D eigenvalue weighted by molar-refractivity contribution is 0.528. The third-order valence-corrected chi connectivity index (χ3v) is 1.68. The van der Waals surface area contributed by atoms with Crippen LogP contribution in [-0.4, -0.2) is 5.75 Å². The van der Waals surface area contributed by atoms with Crippen LogP contribution in [0.5, 0.6) is 0 Å². The molecule has 0 unspecified atom stereocenters. The highest BCUT2D eigenvalue weighted by molar-refractivity contribution is 7.93. The quantitative estimate of drug-likeness (QED) is 0.416. The fourth-order valence-electron chi connectivity index (χ4n) is 0.691. The van der Waals surface area contributed by atoms with E-state index in [0.29, 0.717) is 12.0 Å². The van der Waals surface area contributed by atoms with Gasteiger partial charge in [-0.3, -0.25) is 0 Å². The smallest absolute Gasteiger partial charge is 0.0326 e. The van der Waals surface area contributed by atoms with Gasteiger partial charge >= 0.3 is 0 Å². The minimum absolute atomic E-state index is 0.694. The Morgan fingerprint density at radius 3 is 2.33 bits per heavy atom. The van der Waals surface area contributed by atoms with Gasteiger partial charge in [0.1, 0.15) is 0 Å². The molecule has 0 rings (SSSR count). The van der Waals surface area contributed by atoms with E-state index in [4.69, 9.17) is 0 Å². The molecule has 0 saturated heterocycles. The van der Waals surface area contributed by atoms with Crippen LogP contribution in [0, 0.1) is 6.92 Å². The average molecular weight is 146 g/mol. The maximum Gasteiger partial charge on any atom is 0.0326 e. The molecule has 1 nitrogen and oxygen atoms in total. The monoisotopic (exact) mass is 146 g/mol. The van der Waals surface area contributed by atoms with Crippen LogP contribution in [0.4, 0.5) is 0 Å². The van der Waals surface area contributed by atoms with Gasteiger partial charge in [0.25, 0.3) is 0 Å². The highest BCUT2D eigenvalue weighted by Crippen LogP contribution is 2.05. The van der Waals surface area contributed by atoms with Gasteiger partial charge in [-0.1, -0.05) is 32.6 Å². The van der Waals surface area contributed by atoms with Gasteiger partial charge in [-0.25, -0.2) is 0 Å². The van der Waals surface area contributed by atoms with Crippen LogP contribution in [0.2, 0.25) is 0 Å². The molecule has 2 heteroatoms. The van der Waals surface area contributed by atoms with E-state index in [9.17, 15) is 4.55 Å². The van der Waals surface area contributed by atoms with Gasteiger partial charge in [0, 0.05) is 17.8 Å². The Morgan fingerprint density at radius 1 is 1.11 bits per heavy atom. The van der Waals surface area contributed by atoms with Gasteiger partial charge in [0.05, 0.1) is 0 Å². The number of rotatable bonds is 6. The van der Waals surface area contributed by atoms with Crippen LogP contribution in [0.3, 0.4) is 0 Å². The van der Waals surface area contributed by atoms with Crippen molar-refractivity contribution in [2.24, 2.45) is 0 Å². The zero-order valence-electron chi connectivity index (χ0n) is 5.77. The molecule has 0 spiro atoms. The lowest BCUT2D eigenvalue weighted by atomic mass is 10.2. The molecule has 0 aliphatic heterocycles. The summed E-state index contributed by atoms with van der Waals surface area (Å²) in [5.74, 6) is 0.775. The lowest BCUT2D eigenvalue weighted by Gasteiger charge is -1.94. The van der Waals surface area contributed by atoms with E-state index < -0.39 is 0 Å². The zero-order valence-corrected chi connectivity index (χ0v) is 6.58. The van der Waals surface area contributed by atoms with Gasteiger partial charge < -0.3 is 0 Å². The molecule has 0 aromatic carbocycles. The van der Waals surface area contributed by atoms with Crippen LogP contribution >= 0.6 is 12.0 Å². The summed E-state index contributed by atoms with van der Waals surface area (Å²) in [4.78, 5) is 0. The molecule has 0 atom stereocenters. The third kappa shape index (κ3) is 8.31. The van der Waals surface area contributed by atoms with Crippen molar-refractivity contribution < 1.29 is 4.55 Å². The minimum atomic E-state index is 0.694. The molecule has 0 aliphatic carbocycles. The first kappa shape index (κ1) is 9.31. The summed E-state index contributed by atoms with van der Waals surface area (Å²) in [7, 11) is 0. The molecule has 0 aromatic heterocycles. The Hall–Kier alpha value is 0.310. The van der Waals surface area contributed by atoms with E-state index in [1.54, 1.807) is 0 Å². The van der Waals surface area contributed by atoms with E-state index in [1.165, 1.54) is 19.3 Å². The Labute approximate surface area is 62.1 Å². The van der Waals surface area contributed by atoms with Gasteiger partial charge in [0.2, 0.25) is 0 Å². The molecule has 0 bridgehead atoms. The second-order valence-electron chi connectivity index (χ2n) is 2.09. The van der Waals surface area contributed by atoms with E-state index in [2.05, 4.69) is 6.92 Å². The minimum Gasteiger partial charge on any atom is -0.151 e. The van der Waals surface area contributed by atoms with Crippen LogP contribution in [0.1, 0.15) is 32.1 Å². The molecule has 0 N–H and O–H groups in total. The summed E-state index contributed by atoms with van der Waals surface area (Å²) in [5.41, 5.74) is 0. The molecule has 0 aliphatic rings. The van der Waals surface area contributed by atoms with Crippen molar-refractivity contribution in [2.75, 3.05) is 5.75 Å². The number of hydrogen-bond acceptors (Lipinski definition) is 1. The first-order valence-corrected chi connectivity index (χ1v) is 4.37. The first-order valence-electron chi connectivity index (χ1n) is 3.46. The molecule has 2 radical (unpaired) electrons. The SMILES string of the molecule is [CH2]CCCCCCS[O]. The molecule has 0 saturated carbocycles. The highest BCUT2D eigenvalue weighted by Gasteiger charge is 1.87. The fourth-order valence-corrected chi connectivity index (χ4v) is 1.01. The van der Waals surface area contributed by atoms with Gasteiger partial charge in [0.15, 0.2) is 0 Å². The second kappa shape index (κ2) is 8.31. The standard InChI is InChI=1S/C7H14OS/c1-2-3-4-5-6-7-9-8/h1-7H2. The summed E-state index contributed by atoms with van der Waals surface area (Å²) >= 11 is 0.694. The molecule has 54 valence electrons. The first-order chi connectivity index (χ1) is 4.41.